The Morgan fingerprint density at radius 3 is 2.64 bits per heavy atom. The number of hydrogen-bond acceptors (Lipinski definition) is 4. The van der Waals surface area contributed by atoms with Crippen molar-refractivity contribution >= 4 is 23.4 Å². The van der Waals surface area contributed by atoms with Crippen LogP contribution in [0, 0.1) is 5.92 Å². The fourth-order valence-electron chi connectivity index (χ4n) is 6.00. The molecule has 1 aliphatic carbocycles. The zero-order valence-corrected chi connectivity index (χ0v) is 22.0. The number of carbonyl (C=O) groups is 2. The van der Waals surface area contributed by atoms with Gasteiger partial charge in [0, 0.05) is 68.5 Å². The molecule has 0 radical (unpaired) electrons. The maximum Gasteiger partial charge on any atom is 0.268 e. The topological polar surface area (TPSA) is 69.6 Å². The number of nitrogens with zero attached hydrogens (tertiary/aromatic N) is 3. The number of nitrogens with one attached hydrogen (secondary N) is 2. The Balaban J connectivity index is 1.28. The molecule has 5 rings (SSSR count). The molecule has 1 saturated carbocycles. The molecule has 2 aromatic rings. The zero-order chi connectivity index (χ0) is 25.1. The number of piperazine rings is 1. The first-order valence-electron chi connectivity index (χ1n) is 13.4. The van der Waals surface area contributed by atoms with Crippen molar-refractivity contribution in [3.05, 3.63) is 47.2 Å². The van der Waals surface area contributed by atoms with Gasteiger partial charge in [-0.25, -0.2) is 0 Å². The van der Waals surface area contributed by atoms with E-state index in [2.05, 4.69) is 27.5 Å². The molecule has 0 unspecified atom stereocenters. The first-order valence-corrected chi connectivity index (χ1v) is 13.8. The van der Waals surface area contributed by atoms with Gasteiger partial charge in [0.25, 0.3) is 5.91 Å². The predicted octanol–water partition coefficient (Wildman–Crippen LogP) is 3.80. The van der Waals surface area contributed by atoms with Crippen molar-refractivity contribution in [3.63, 3.8) is 0 Å². The highest BCUT2D eigenvalue weighted by Crippen LogP contribution is 2.30. The molecule has 2 fully saturated rings. The van der Waals surface area contributed by atoms with Gasteiger partial charge in [-0.3, -0.25) is 14.5 Å². The molecule has 1 aromatic heterocycles. The van der Waals surface area contributed by atoms with E-state index in [1.54, 1.807) is 0 Å². The molecule has 1 saturated heterocycles. The van der Waals surface area contributed by atoms with Crippen LogP contribution < -0.4 is 10.6 Å². The van der Waals surface area contributed by atoms with Crippen molar-refractivity contribution in [1.82, 2.24) is 25.0 Å². The van der Waals surface area contributed by atoms with Gasteiger partial charge < -0.3 is 20.1 Å². The molecule has 3 heterocycles. The monoisotopic (exact) mass is 511 g/mol. The van der Waals surface area contributed by atoms with Crippen LogP contribution in [0.5, 0.6) is 0 Å². The maximum atomic E-state index is 13.4. The molecule has 2 N–H and O–H groups in total. The second kappa shape index (κ2) is 11.4. The Hall–Kier alpha value is -2.35. The minimum atomic E-state index is -0.110. The molecule has 0 spiro atoms. The highest BCUT2D eigenvalue weighted by Gasteiger charge is 2.31. The third kappa shape index (κ3) is 5.96. The lowest BCUT2D eigenvalue weighted by molar-refractivity contribution is -0.123. The third-order valence-corrected chi connectivity index (χ3v) is 8.40. The fraction of sp³-hybridized carbons (Fsp3) is 0.571. The smallest absolute Gasteiger partial charge is 0.268 e. The first kappa shape index (κ1) is 25.3. The molecule has 1 aromatic carbocycles. The number of rotatable bonds is 7. The molecule has 3 aliphatic rings. The Bertz CT molecular complexity index is 1070. The Kier molecular flexibility index (Phi) is 7.99. The molecule has 7 nitrogen and oxygen atoms in total. The highest BCUT2D eigenvalue weighted by molar-refractivity contribution is 6.30. The van der Waals surface area contributed by atoms with Gasteiger partial charge in [-0.2, -0.15) is 0 Å². The largest absolute Gasteiger partial charge is 0.352 e. The highest BCUT2D eigenvalue weighted by atomic mass is 35.5. The molecule has 8 heteroatoms. The van der Waals surface area contributed by atoms with Gasteiger partial charge in [-0.15, -0.1) is 0 Å². The summed E-state index contributed by atoms with van der Waals surface area (Å²) in [5.41, 5.74) is 2.49. The lowest BCUT2D eigenvalue weighted by atomic mass is 9.83. The number of hydrogen-bond donors (Lipinski definition) is 2. The van der Waals surface area contributed by atoms with Crippen LogP contribution in [0.1, 0.15) is 55.1 Å². The number of benzene rings is 1. The van der Waals surface area contributed by atoms with Crippen molar-refractivity contribution in [1.29, 1.82) is 0 Å². The quantitative estimate of drug-likeness (QED) is 0.593. The molecule has 194 valence electrons. The van der Waals surface area contributed by atoms with E-state index in [9.17, 15) is 9.59 Å². The summed E-state index contributed by atoms with van der Waals surface area (Å²) in [5.74, 6) is 0.518. The maximum absolute atomic E-state index is 13.4. The van der Waals surface area contributed by atoms with Gasteiger partial charge in [0.15, 0.2) is 0 Å². The van der Waals surface area contributed by atoms with E-state index in [0.717, 1.165) is 43.9 Å². The molecular weight excluding hydrogens is 474 g/mol. The van der Waals surface area contributed by atoms with E-state index in [-0.39, 0.29) is 23.9 Å². The molecule has 2 aliphatic heterocycles. The zero-order valence-electron chi connectivity index (χ0n) is 21.2. The van der Waals surface area contributed by atoms with Crippen LogP contribution in [-0.2, 0) is 4.79 Å². The summed E-state index contributed by atoms with van der Waals surface area (Å²) >= 11 is 6.19. The van der Waals surface area contributed by atoms with Crippen LogP contribution >= 0.6 is 11.6 Å². The normalized spacial score (nSPS) is 22.6. The van der Waals surface area contributed by atoms with Crippen LogP contribution in [0.15, 0.2) is 36.5 Å². The van der Waals surface area contributed by atoms with Crippen LogP contribution in [0.2, 0.25) is 5.02 Å². The number of amides is 2. The minimum absolute atomic E-state index is 0.0739. The molecule has 0 bridgehead atoms. The van der Waals surface area contributed by atoms with Gasteiger partial charge in [0.2, 0.25) is 5.91 Å². The summed E-state index contributed by atoms with van der Waals surface area (Å²) in [6, 6.07) is 9.60. The Morgan fingerprint density at radius 2 is 1.89 bits per heavy atom. The molecular formula is C28H38ClN5O2. The van der Waals surface area contributed by atoms with Gasteiger partial charge in [-0.1, -0.05) is 43.0 Å². The van der Waals surface area contributed by atoms with E-state index in [0.29, 0.717) is 29.6 Å². The number of fused-ring (bicyclic) bond motifs is 1. The number of carbonyl (C=O) groups excluding carboxylic acids is 2. The van der Waals surface area contributed by atoms with Gasteiger partial charge in [0.1, 0.15) is 5.69 Å². The minimum Gasteiger partial charge on any atom is -0.352 e. The van der Waals surface area contributed by atoms with E-state index in [1.165, 1.54) is 32.1 Å². The van der Waals surface area contributed by atoms with Gasteiger partial charge in [-0.05, 0) is 49.6 Å². The van der Waals surface area contributed by atoms with E-state index in [1.807, 2.05) is 41.1 Å². The SMILES string of the molecule is CN1CCN(C[C@H](NC(=O)C[C@@H]2CNC(=O)c3cc(-c4cccc(Cl)c4)cn32)C2CCCCC2)CC1. The summed E-state index contributed by atoms with van der Waals surface area (Å²) in [4.78, 5) is 30.9. The third-order valence-electron chi connectivity index (χ3n) is 8.17. The van der Waals surface area contributed by atoms with Crippen molar-refractivity contribution in [2.24, 2.45) is 5.92 Å². The predicted molar refractivity (Wildman–Crippen MR) is 143 cm³/mol. The van der Waals surface area contributed by atoms with Gasteiger partial charge in [0.05, 0.1) is 6.04 Å². The van der Waals surface area contributed by atoms with E-state index >= 15 is 0 Å². The lowest BCUT2D eigenvalue weighted by Crippen LogP contribution is -2.53. The first-order chi connectivity index (χ1) is 17.5. The number of halogens is 1. The standard InChI is InChI=1S/C28H38ClN5O2/c1-32-10-12-33(13-11-32)19-25(20-6-3-2-4-7-20)31-27(35)16-24-17-30-28(36)26-15-22(18-34(24)26)21-8-5-9-23(29)14-21/h5,8-9,14-15,18,20,24-25H,2-4,6-7,10-13,16-17,19H2,1H3,(H,30,36)(H,31,35)/t24-,25+/m1/s1. The number of aromatic nitrogens is 1. The second-order valence-electron chi connectivity index (χ2n) is 10.8. The lowest BCUT2D eigenvalue weighted by Gasteiger charge is -2.38. The average molecular weight is 512 g/mol. The van der Waals surface area contributed by atoms with Crippen LogP contribution in [0.4, 0.5) is 0 Å². The molecule has 36 heavy (non-hydrogen) atoms. The summed E-state index contributed by atoms with van der Waals surface area (Å²) in [5, 5.41) is 7.08. The summed E-state index contributed by atoms with van der Waals surface area (Å²) in [6.07, 6.45) is 8.55. The van der Waals surface area contributed by atoms with Crippen LogP contribution in [-0.4, -0.2) is 78.5 Å². The summed E-state index contributed by atoms with van der Waals surface area (Å²) in [7, 11) is 2.17. The average Bonchev–Trinajstić information content (AvgIpc) is 3.34. The van der Waals surface area contributed by atoms with E-state index in [4.69, 9.17) is 11.6 Å². The van der Waals surface area contributed by atoms with Gasteiger partial charge >= 0.3 is 0 Å². The van der Waals surface area contributed by atoms with Crippen molar-refractivity contribution in [3.8, 4) is 11.1 Å². The second-order valence-corrected chi connectivity index (χ2v) is 11.2. The molecule has 2 amide bonds. The number of likely N-dealkylation sites (N-methyl/N-ethyl adjacent to an activating group) is 1. The van der Waals surface area contributed by atoms with Crippen molar-refractivity contribution in [2.75, 3.05) is 46.3 Å². The van der Waals surface area contributed by atoms with Crippen LogP contribution in [0.3, 0.4) is 0 Å². The Morgan fingerprint density at radius 1 is 1.11 bits per heavy atom. The van der Waals surface area contributed by atoms with Crippen molar-refractivity contribution in [2.45, 2.75) is 50.6 Å². The fourth-order valence-corrected chi connectivity index (χ4v) is 6.19. The van der Waals surface area contributed by atoms with E-state index < -0.39 is 0 Å². The summed E-state index contributed by atoms with van der Waals surface area (Å²) < 4.78 is 1.98. The van der Waals surface area contributed by atoms with Crippen molar-refractivity contribution < 1.29 is 9.59 Å². The molecule has 2 atom stereocenters. The Labute approximate surface area is 219 Å². The summed E-state index contributed by atoms with van der Waals surface area (Å²) in [6.45, 7) is 5.66. The van der Waals surface area contributed by atoms with Crippen LogP contribution in [0.25, 0.3) is 11.1 Å².